The zero-order valence-electron chi connectivity index (χ0n) is 26.5. The molecule has 0 aromatic rings. The van der Waals surface area contributed by atoms with E-state index in [1.54, 1.807) is 0 Å². The molecule has 2 nitrogen and oxygen atoms in total. The van der Waals surface area contributed by atoms with Crippen molar-refractivity contribution in [1.29, 1.82) is 0 Å². The third kappa shape index (κ3) is 22.5. The van der Waals surface area contributed by atoms with Crippen LogP contribution in [0.25, 0.3) is 0 Å². The maximum Gasteiger partial charge on any atom is 0.0839 e. The number of ether oxygens (including phenoxy) is 2. The number of hydrogen-bond acceptors (Lipinski definition) is 2. The molecule has 3 atom stereocenters. The van der Waals surface area contributed by atoms with E-state index in [1.807, 2.05) is 0 Å². The summed E-state index contributed by atoms with van der Waals surface area (Å²) < 4.78 is 12.6. The minimum absolute atomic E-state index is 0.347. The Hall–Kier alpha value is -0.340. The monoisotopic (exact) mass is 535 g/mol. The van der Waals surface area contributed by atoms with Gasteiger partial charge in [0, 0.05) is 13.2 Å². The highest BCUT2D eigenvalue weighted by Crippen LogP contribution is 2.30. The lowest BCUT2D eigenvalue weighted by molar-refractivity contribution is -0.0578. The van der Waals surface area contributed by atoms with Crippen molar-refractivity contribution in [3.05, 3.63) is 12.2 Å². The summed E-state index contributed by atoms with van der Waals surface area (Å²) >= 11 is 0. The van der Waals surface area contributed by atoms with Crippen LogP contribution in [0.15, 0.2) is 12.2 Å². The van der Waals surface area contributed by atoms with E-state index in [1.165, 1.54) is 167 Å². The standard InChI is InChI=1S/C36H70O2/c1-4-6-8-10-12-14-15-16-17-18-19-20-21-23-25-27-29-31-38-36-33-34(3)32-35(36)37-30-28-26-24-22-13-11-9-7-5-2/h12,14,34-36H,4-11,13,15-33H2,1-3H3/b14-12-/t34-,35-,36+/m1/s1. The Kier molecular flexibility index (Phi) is 26.5. The highest BCUT2D eigenvalue weighted by Gasteiger charge is 2.33. The molecule has 1 aliphatic rings. The summed E-state index contributed by atoms with van der Waals surface area (Å²) in [7, 11) is 0. The third-order valence-corrected chi connectivity index (χ3v) is 8.50. The Labute approximate surface area is 240 Å². The second kappa shape index (κ2) is 28.2. The average Bonchev–Trinajstić information content (AvgIpc) is 3.27. The first-order valence-corrected chi connectivity index (χ1v) is 17.7. The summed E-state index contributed by atoms with van der Waals surface area (Å²) in [4.78, 5) is 0. The summed E-state index contributed by atoms with van der Waals surface area (Å²) in [6, 6.07) is 0. The molecule has 0 aromatic heterocycles. The van der Waals surface area contributed by atoms with Gasteiger partial charge >= 0.3 is 0 Å². The van der Waals surface area contributed by atoms with Gasteiger partial charge in [-0.25, -0.2) is 0 Å². The van der Waals surface area contributed by atoms with Crippen molar-refractivity contribution in [3.8, 4) is 0 Å². The Bertz CT molecular complexity index is 488. The van der Waals surface area contributed by atoms with Gasteiger partial charge in [0.05, 0.1) is 12.2 Å². The van der Waals surface area contributed by atoms with Crippen LogP contribution in [0, 0.1) is 5.92 Å². The van der Waals surface area contributed by atoms with Crippen molar-refractivity contribution in [1.82, 2.24) is 0 Å². The molecule has 1 rings (SSSR count). The van der Waals surface area contributed by atoms with Gasteiger partial charge in [-0.3, -0.25) is 0 Å². The molecular formula is C36H70O2. The van der Waals surface area contributed by atoms with Crippen molar-refractivity contribution >= 4 is 0 Å². The van der Waals surface area contributed by atoms with E-state index in [2.05, 4.69) is 32.9 Å². The molecule has 0 unspecified atom stereocenters. The summed E-state index contributed by atoms with van der Waals surface area (Å²) in [6.07, 6.45) is 40.8. The van der Waals surface area contributed by atoms with Crippen LogP contribution in [-0.4, -0.2) is 25.4 Å². The normalized spacial score (nSPS) is 19.7. The lowest BCUT2D eigenvalue weighted by Gasteiger charge is -2.21. The minimum atomic E-state index is 0.347. The van der Waals surface area contributed by atoms with Crippen LogP contribution >= 0.6 is 0 Å². The van der Waals surface area contributed by atoms with E-state index in [-0.39, 0.29) is 0 Å². The van der Waals surface area contributed by atoms with Crippen LogP contribution in [0.4, 0.5) is 0 Å². The fourth-order valence-electron chi connectivity index (χ4n) is 5.95. The number of rotatable bonds is 29. The molecule has 0 radical (unpaired) electrons. The second-order valence-electron chi connectivity index (χ2n) is 12.5. The summed E-state index contributed by atoms with van der Waals surface area (Å²) in [5.74, 6) is 0.750. The van der Waals surface area contributed by atoms with E-state index in [0.717, 1.165) is 19.1 Å². The predicted molar refractivity (Wildman–Crippen MR) is 169 cm³/mol. The Balaban J connectivity index is 1.86. The van der Waals surface area contributed by atoms with Crippen molar-refractivity contribution in [2.24, 2.45) is 5.92 Å². The Morgan fingerprint density at radius 3 is 1.18 bits per heavy atom. The summed E-state index contributed by atoms with van der Waals surface area (Å²) in [5, 5.41) is 0. The smallest absolute Gasteiger partial charge is 0.0839 e. The first kappa shape index (κ1) is 35.7. The average molecular weight is 535 g/mol. The fraction of sp³-hybridized carbons (Fsp3) is 0.944. The quantitative estimate of drug-likeness (QED) is 0.0701. The molecule has 1 aliphatic carbocycles. The molecule has 0 heterocycles. The van der Waals surface area contributed by atoms with Crippen molar-refractivity contribution in [3.63, 3.8) is 0 Å². The van der Waals surface area contributed by atoms with Crippen LogP contribution < -0.4 is 0 Å². The van der Waals surface area contributed by atoms with Gasteiger partial charge in [0.2, 0.25) is 0 Å². The Morgan fingerprint density at radius 1 is 0.447 bits per heavy atom. The largest absolute Gasteiger partial charge is 0.376 e. The molecule has 0 bridgehead atoms. The topological polar surface area (TPSA) is 18.5 Å². The zero-order chi connectivity index (χ0) is 27.4. The molecule has 0 aromatic carbocycles. The van der Waals surface area contributed by atoms with Gasteiger partial charge in [-0.2, -0.15) is 0 Å². The summed E-state index contributed by atoms with van der Waals surface area (Å²) in [6.45, 7) is 8.80. The van der Waals surface area contributed by atoms with Gasteiger partial charge < -0.3 is 9.47 Å². The van der Waals surface area contributed by atoms with Gasteiger partial charge in [0.15, 0.2) is 0 Å². The molecule has 0 amide bonds. The van der Waals surface area contributed by atoms with E-state index in [4.69, 9.17) is 9.47 Å². The zero-order valence-corrected chi connectivity index (χ0v) is 26.5. The predicted octanol–water partition coefficient (Wildman–Crippen LogP) is 12.1. The van der Waals surface area contributed by atoms with E-state index < -0.39 is 0 Å². The first-order valence-electron chi connectivity index (χ1n) is 17.7. The molecule has 226 valence electrons. The molecule has 2 heteroatoms. The Morgan fingerprint density at radius 2 is 0.763 bits per heavy atom. The van der Waals surface area contributed by atoms with Crippen LogP contribution in [0.1, 0.15) is 188 Å². The SMILES string of the molecule is CCCCC/C=C\CCCCCCCCCCCCO[C@H]1C[C@H](C)C[C@H]1OCCCCCCCCCCC. The molecule has 0 spiro atoms. The highest BCUT2D eigenvalue weighted by molar-refractivity contribution is 4.83. The second-order valence-corrected chi connectivity index (χ2v) is 12.5. The molecule has 0 aliphatic heterocycles. The van der Waals surface area contributed by atoms with Gasteiger partial charge in [0.25, 0.3) is 0 Å². The third-order valence-electron chi connectivity index (χ3n) is 8.50. The highest BCUT2D eigenvalue weighted by atomic mass is 16.5. The molecule has 0 N–H and O–H groups in total. The van der Waals surface area contributed by atoms with Gasteiger partial charge in [-0.1, -0.05) is 148 Å². The van der Waals surface area contributed by atoms with Gasteiger partial charge in [-0.05, 0) is 57.3 Å². The van der Waals surface area contributed by atoms with Crippen LogP contribution in [0.2, 0.25) is 0 Å². The van der Waals surface area contributed by atoms with E-state index in [0.29, 0.717) is 12.2 Å². The van der Waals surface area contributed by atoms with Gasteiger partial charge in [0.1, 0.15) is 0 Å². The van der Waals surface area contributed by atoms with Crippen LogP contribution in [0.5, 0.6) is 0 Å². The maximum atomic E-state index is 6.32. The van der Waals surface area contributed by atoms with E-state index in [9.17, 15) is 0 Å². The summed E-state index contributed by atoms with van der Waals surface area (Å²) in [5.41, 5.74) is 0. The van der Waals surface area contributed by atoms with E-state index >= 15 is 0 Å². The molecule has 38 heavy (non-hydrogen) atoms. The maximum absolute atomic E-state index is 6.32. The minimum Gasteiger partial charge on any atom is -0.376 e. The number of hydrogen-bond donors (Lipinski definition) is 0. The molecule has 1 fully saturated rings. The van der Waals surface area contributed by atoms with Crippen molar-refractivity contribution in [2.45, 2.75) is 200 Å². The lowest BCUT2D eigenvalue weighted by atomic mass is 10.1. The molecule has 1 saturated carbocycles. The lowest BCUT2D eigenvalue weighted by Crippen LogP contribution is -2.27. The van der Waals surface area contributed by atoms with Gasteiger partial charge in [-0.15, -0.1) is 0 Å². The van der Waals surface area contributed by atoms with Crippen LogP contribution in [0.3, 0.4) is 0 Å². The number of unbranched alkanes of at least 4 members (excludes halogenated alkanes) is 21. The molecule has 0 saturated heterocycles. The van der Waals surface area contributed by atoms with Crippen LogP contribution in [-0.2, 0) is 9.47 Å². The van der Waals surface area contributed by atoms with Crippen molar-refractivity contribution in [2.75, 3.05) is 13.2 Å². The first-order chi connectivity index (χ1) is 18.8. The number of allylic oxidation sites excluding steroid dienone is 2. The molecular weight excluding hydrogens is 464 g/mol. The fourth-order valence-corrected chi connectivity index (χ4v) is 5.95. The van der Waals surface area contributed by atoms with Crippen molar-refractivity contribution < 1.29 is 9.47 Å².